The largest absolute Gasteiger partial charge is 0.348 e. The van der Waals surface area contributed by atoms with Crippen molar-refractivity contribution in [1.82, 2.24) is 10.3 Å². The van der Waals surface area contributed by atoms with Gasteiger partial charge >= 0.3 is 0 Å². The Balaban J connectivity index is 1.89. The van der Waals surface area contributed by atoms with Crippen molar-refractivity contribution in [3.63, 3.8) is 0 Å². The molecule has 1 amide bonds. The summed E-state index contributed by atoms with van der Waals surface area (Å²) in [5.41, 5.74) is 0.257. The van der Waals surface area contributed by atoms with Gasteiger partial charge in [0, 0.05) is 25.1 Å². The molecule has 0 spiro atoms. The second-order valence-electron chi connectivity index (χ2n) is 3.65. The topological polar surface area (TPSA) is 42.0 Å². The van der Waals surface area contributed by atoms with Crippen LogP contribution in [0.4, 0.5) is 8.78 Å². The number of nitrogens with zero attached hydrogens (tertiary/aromatic N) is 1. The van der Waals surface area contributed by atoms with Crippen molar-refractivity contribution >= 4 is 5.91 Å². The Labute approximate surface area is 85.5 Å². The summed E-state index contributed by atoms with van der Waals surface area (Å²) in [7, 11) is 0. The maximum atomic E-state index is 12.5. The lowest BCUT2D eigenvalue weighted by Gasteiger charge is -2.35. The molecule has 80 valence electrons. The fourth-order valence-electron chi connectivity index (χ4n) is 1.52. The average molecular weight is 212 g/mol. The number of pyridine rings is 1. The first-order chi connectivity index (χ1) is 7.07. The first-order valence-corrected chi connectivity index (χ1v) is 4.66. The van der Waals surface area contributed by atoms with E-state index in [9.17, 15) is 13.6 Å². The fraction of sp³-hybridized carbons (Fsp3) is 0.400. The van der Waals surface area contributed by atoms with Gasteiger partial charge < -0.3 is 5.32 Å². The average Bonchev–Trinajstić information content (AvgIpc) is 2.16. The summed E-state index contributed by atoms with van der Waals surface area (Å²) in [6.07, 6.45) is 0.946. The van der Waals surface area contributed by atoms with Gasteiger partial charge in [-0.1, -0.05) is 6.07 Å². The highest BCUT2D eigenvalue weighted by Crippen LogP contribution is 2.37. The molecule has 1 aromatic heterocycles. The van der Waals surface area contributed by atoms with Gasteiger partial charge in [0.05, 0.1) is 0 Å². The van der Waals surface area contributed by atoms with Crippen molar-refractivity contribution < 1.29 is 13.6 Å². The number of alkyl halides is 2. The second kappa shape index (κ2) is 3.56. The Morgan fingerprint density at radius 1 is 1.47 bits per heavy atom. The van der Waals surface area contributed by atoms with Gasteiger partial charge in [-0.2, -0.15) is 0 Å². The maximum Gasteiger partial charge on any atom is 0.270 e. The first-order valence-electron chi connectivity index (χ1n) is 4.66. The molecule has 0 atom stereocenters. The van der Waals surface area contributed by atoms with E-state index in [-0.39, 0.29) is 18.5 Å². The molecule has 5 heteroatoms. The molecule has 0 bridgehead atoms. The zero-order chi connectivity index (χ0) is 10.9. The van der Waals surface area contributed by atoms with Gasteiger partial charge in [-0.15, -0.1) is 0 Å². The normalized spacial score (nSPS) is 19.3. The van der Waals surface area contributed by atoms with Crippen LogP contribution in [0.1, 0.15) is 23.3 Å². The number of hydrogen-bond acceptors (Lipinski definition) is 2. The minimum absolute atomic E-state index is 0.257. The molecule has 0 unspecified atom stereocenters. The van der Waals surface area contributed by atoms with E-state index in [1.54, 1.807) is 18.2 Å². The van der Waals surface area contributed by atoms with Crippen LogP contribution < -0.4 is 5.32 Å². The molecule has 3 nitrogen and oxygen atoms in total. The van der Waals surface area contributed by atoms with Crippen molar-refractivity contribution in [1.29, 1.82) is 0 Å². The van der Waals surface area contributed by atoms with Crippen molar-refractivity contribution in [2.24, 2.45) is 0 Å². The SMILES string of the molecule is O=C(NC1CC(F)(F)C1)c1ccccn1. The van der Waals surface area contributed by atoms with Gasteiger partial charge in [0.2, 0.25) is 0 Å². The van der Waals surface area contributed by atoms with E-state index in [0.717, 1.165) is 0 Å². The lowest BCUT2D eigenvalue weighted by molar-refractivity contribution is -0.0901. The monoisotopic (exact) mass is 212 g/mol. The van der Waals surface area contributed by atoms with E-state index < -0.39 is 17.9 Å². The highest BCUT2D eigenvalue weighted by atomic mass is 19.3. The van der Waals surface area contributed by atoms with Crippen molar-refractivity contribution in [3.05, 3.63) is 30.1 Å². The Bertz CT molecular complexity index is 359. The Hall–Kier alpha value is -1.52. The summed E-state index contributed by atoms with van der Waals surface area (Å²) in [5.74, 6) is -3.00. The number of halogens is 2. The third-order valence-electron chi connectivity index (χ3n) is 2.32. The van der Waals surface area contributed by atoms with E-state index >= 15 is 0 Å². The molecule has 0 aromatic carbocycles. The van der Waals surface area contributed by atoms with E-state index in [1.165, 1.54) is 6.20 Å². The highest BCUT2D eigenvalue weighted by Gasteiger charge is 2.45. The molecule has 15 heavy (non-hydrogen) atoms. The standard InChI is InChI=1S/C10H10F2N2O/c11-10(12)5-7(6-10)14-9(15)8-3-1-2-4-13-8/h1-4,7H,5-6H2,(H,14,15). The predicted molar refractivity (Wildman–Crippen MR) is 49.7 cm³/mol. The Morgan fingerprint density at radius 3 is 2.73 bits per heavy atom. The third kappa shape index (κ3) is 2.29. The second-order valence-corrected chi connectivity index (χ2v) is 3.65. The highest BCUT2D eigenvalue weighted by molar-refractivity contribution is 5.92. The van der Waals surface area contributed by atoms with Crippen LogP contribution in [0.5, 0.6) is 0 Å². The van der Waals surface area contributed by atoms with Gasteiger partial charge in [0.25, 0.3) is 11.8 Å². The van der Waals surface area contributed by atoms with E-state index in [2.05, 4.69) is 10.3 Å². The Kier molecular flexibility index (Phi) is 2.38. The van der Waals surface area contributed by atoms with E-state index in [1.807, 2.05) is 0 Å². The molecule has 1 heterocycles. The van der Waals surface area contributed by atoms with E-state index in [0.29, 0.717) is 0 Å². The molecular formula is C10H10F2N2O. The molecule has 0 aliphatic heterocycles. The molecule has 1 fully saturated rings. The van der Waals surface area contributed by atoms with Crippen LogP contribution in [0, 0.1) is 0 Å². The molecule has 1 aliphatic rings. The first kappa shape index (κ1) is 10.0. The number of nitrogens with one attached hydrogen (secondary N) is 1. The quantitative estimate of drug-likeness (QED) is 0.809. The number of rotatable bonds is 2. The van der Waals surface area contributed by atoms with Crippen LogP contribution >= 0.6 is 0 Å². The summed E-state index contributed by atoms with van der Waals surface area (Å²) in [5, 5.41) is 2.51. The number of carbonyl (C=O) groups is 1. The zero-order valence-corrected chi connectivity index (χ0v) is 7.91. The number of hydrogen-bond donors (Lipinski definition) is 1. The molecule has 0 radical (unpaired) electrons. The van der Waals surface area contributed by atoms with Gasteiger partial charge in [-0.3, -0.25) is 9.78 Å². The van der Waals surface area contributed by atoms with Crippen LogP contribution in [-0.2, 0) is 0 Å². The molecule has 1 aliphatic carbocycles. The van der Waals surface area contributed by atoms with Gasteiger partial charge in [0.1, 0.15) is 5.69 Å². The molecule has 0 saturated heterocycles. The van der Waals surface area contributed by atoms with Crippen molar-refractivity contribution in [2.45, 2.75) is 24.8 Å². The molecule has 2 rings (SSSR count). The van der Waals surface area contributed by atoms with Crippen molar-refractivity contribution in [2.75, 3.05) is 0 Å². The van der Waals surface area contributed by atoms with E-state index in [4.69, 9.17) is 0 Å². The number of amides is 1. The van der Waals surface area contributed by atoms with Crippen molar-refractivity contribution in [3.8, 4) is 0 Å². The number of aromatic nitrogens is 1. The van der Waals surface area contributed by atoms with Crippen LogP contribution in [0.3, 0.4) is 0 Å². The van der Waals surface area contributed by atoms with Gasteiger partial charge in [-0.05, 0) is 12.1 Å². The lowest BCUT2D eigenvalue weighted by Crippen LogP contribution is -2.50. The molecule has 1 saturated carbocycles. The zero-order valence-electron chi connectivity index (χ0n) is 7.91. The summed E-state index contributed by atoms with van der Waals surface area (Å²) < 4.78 is 24.9. The molecule has 1 aromatic rings. The minimum atomic E-state index is -2.61. The minimum Gasteiger partial charge on any atom is -0.348 e. The fourth-order valence-corrected chi connectivity index (χ4v) is 1.52. The maximum absolute atomic E-state index is 12.5. The van der Waals surface area contributed by atoms with Gasteiger partial charge in [0.15, 0.2) is 0 Å². The van der Waals surface area contributed by atoms with Crippen LogP contribution in [0.2, 0.25) is 0 Å². The summed E-state index contributed by atoms with van der Waals surface area (Å²) >= 11 is 0. The summed E-state index contributed by atoms with van der Waals surface area (Å²) in [6.45, 7) is 0. The van der Waals surface area contributed by atoms with Crippen LogP contribution in [0.25, 0.3) is 0 Å². The Morgan fingerprint density at radius 2 is 2.20 bits per heavy atom. The van der Waals surface area contributed by atoms with Gasteiger partial charge in [-0.25, -0.2) is 8.78 Å². The smallest absolute Gasteiger partial charge is 0.270 e. The summed E-state index contributed by atoms with van der Waals surface area (Å²) in [4.78, 5) is 15.3. The predicted octanol–water partition coefficient (Wildman–Crippen LogP) is 1.61. The molecule has 1 N–H and O–H groups in total. The molecular weight excluding hydrogens is 202 g/mol. The van der Waals surface area contributed by atoms with Crippen LogP contribution in [0.15, 0.2) is 24.4 Å². The third-order valence-corrected chi connectivity index (χ3v) is 2.32. The van der Waals surface area contributed by atoms with Crippen LogP contribution in [-0.4, -0.2) is 22.9 Å². The lowest BCUT2D eigenvalue weighted by atomic mass is 9.88. The number of carbonyl (C=O) groups excluding carboxylic acids is 1. The summed E-state index contributed by atoms with van der Waals surface area (Å²) in [6, 6.07) is 4.49.